The summed E-state index contributed by atoms with van der Waals surface area (Å²) in [6.45, 7) is 2.25. The summed E-state index contributed by atoms with van der Waals surface area (Å²) in [5, 5.41) is 10.4. The van der Waals surface area contributed by atoms with Gasteiger partial charge in [0.25, 0.3) is 0 Å². The van der Waals surface area contributed by atoms with Crippen molar-refractivity contribution in [2.45, 2.75) is 31.1 Å². The van der Waals surface area contributed by atoms with E-state index in [4.69, 9.17) is 0 Å². The van der Waals surface area contributed by atoms with Crippen molar-refractivity contribution in [2.24, 2.45) is 17.8 Å². The maximum atomic E-state index is 12.1. The van der Waals surface area contributed by atoms with E-state index in [0.717, 1.165) is 24.3 Å². The van der Waals surface area contributed by atoms with E-state index in [1.54, 1.807) is 0 Å². The molecule has 0 aliphatic heterocycles. The van der Waals surface area contributed by atoms with Crippen molar-refractivity contribution in [3.05, 3.63) is 35.9 Å². The minimum Gasteiger partial charge on any atom is -0.392 e. The molecule has 5 atom stereocenters. The van der Waals surface area contributed by atoms with Crippen molar-refractivity contribution in [2.75, 3.05) is 0 Å². The van der Waals surface area contributed by atoms with E-state index in [0.29, 0.717) is 11.8 Å². The molecule has 0 bridgehead atoms. The highest BCUT2D eigenvalue weighted by Crippen LogP contribution is 2.54. The topological polar surface area (TPSA) is 37.3 Å². The number of carbonyl (C=O) groups is 1. The van der Waals surface area contributed by atoms with Gasteiger partial charge in [-0.25, -0.2) is 0 Å². The minimum atomic E-state index is -0.288. The zero-order valence-corrected chi connectivity index (χ0v) is 11.3. The highest BCUT2D eigenvalue weighted by atomic mass is 32.2. The van der Waals surface area contributed by atoms with Crippen LogP contribution in [0.2, 0.25) is 0 Å². The van der Waals surface area contributed by atoms with E-state index in [1.807, 2.05) is 30.3 Å². The average Bonchev–Trinajstić information content (AvgIpc) is 2.63. The SMILES string of the molecule is C[C@@H]1C[C@H]2C1C[C@@H](SC(=O)c1ccccc1)[C@@H]2O. The number of hydrogen-bond donors (Lipinski definition) is 1. The molecule has 2 aliphatic carbocycles. The first kappa shape index (κ1) is 12.2. The summed E-state index contributed by atoms with van der Waals surface area (Å²) in [5.74, 6) is 1.81. The Kier molecular flexibility index (Phi) is 3.20. The number of aliphatic hydroxyl groups excluding tert-OH is 1. The van der Waals surface area contributed by atoms with Gasteiger partial charge in [0.1, 0.15) is 0 Å². The van der Waals surface area contributed by atoms with Gasteiger partial charge in [0, 0.05) is 10.8 Å². The first-order chi connectivity index (χ1) is 8.66. The number of benzene rings is 1. The minimum absolute atomic E-state index is 0.0913. The van der Waals surface area contributed by atoms with Gasteiger partial charge in [-0.05, 0) is 30.6 Å². The van der Waals surface area contributed by atoms with Gasteiger partial charge in [-0.15, -0.1) is 0 Å². The Bertz CT molecular complexity index is 445. The van der Waals surface area contributed by atoms with Gasteiger partial charge in [-0.1, -0.05) is 49.0 Å². The van der Waals surface area contributed by atoms with Crippen LogP contribution in [0.5, 0.6) is 0 Å². The Morgan fingerprint density at radius 1 is 1.22 bits per heavy atom. The first-order valence-corrected chi connectivity index (χ1v) is 7.49. The van der Waals surface area contributed by atoms with Crippen molar-refractivity contribution in [3.8, 4) is 0 Å². The van der Waals surface area contributed by atoms with Crippen molar-refractivity contribution in [1.29, 1.82) is 0 Å². The van der Waals surface area contributed by atoms with Gasteiger partial charge in [-0.3, -0.25) is 4.79 Å². The molecule has 3 heteroatoms. The van der Waals surface area contributed by atoms with E-state index >= 15 is 0 Å². The van der Waals surface area contributed by atoms with Crippen molar-refractivity contribution in [3.63, 3.8) is 0 Å². The van der Waals surface area contributed by atoms with Crippen LogP contribution in [0.1, 0.15) is 30.1 Å². The fourth-order valence-electron chi connectivity index (χ4n) is 3.39. The molecule has 0 saturated heterocycles. The third-order valence-electron chi connectivity index (χ3n) is 4.52. The molecule has 2 aliphatic rings. The van der Waals surface area contributed by atoms with E-state index in [9.17, 15) is 9.90 Å². The lowest BCUT2D eigenvalue weighted by Gasteiger charge is -2.39. The molecule has 1 unspecified atom stereocenters. The molecule has 2 nitrogen and oxygen atoms in total. The third-order valence-corrected chi connectivity index (χ3v) is 5.74. The molecule has 3 rings (SSSR count). The van der Waals surface area contributed by atoms with Gasteiger partial charge in [0.2, 0.25) is 5.12 Å². The summed E-state index contributed by atoms with van der Waals surface area (Å²) in [4.78, 5) is 12.1. The van der Waals surface area contributed by atoms with Crippen LogP contribution in [0.4, 0.5) is 0 Å². The van der Waals surface area contributed by atoms with Crippen molar-refractivity contribution < 1.29 is 9.90 Å². The monoisotopic (exact) mass is 262 g/mol. The molecule has 2 fully saturated rings. The van der Waals surface area contributed by atoms with Crippen LogP contribution in [0.25, 0.3) is 0 Å². The van der Waals surface area contributed by atoms with Gasteiger partial charge in [0.05, 0.1) is 6.10 Å². The van der Waals surface area contributed by atoms with Crippen LogP contribution in [-0.2, 0) is 0 Å². The van der Waals surface area contributed by atoms with Gasteiger partial charge >= 0.3 is 0 Å². The number of aliphatic hydroxyl groups is 1. The molecule has 0 spiro atoms. The van der Waals surface area contributed by atoms with Gasteiger partial charge < -0.3 is 5.11 Å². The smallest absolute Gasteiger partial charge is 0.219 e. The van der Waals surface area contributed by atoms with Crippen LogP contribution in [0.15, 0.2) is 30.3 Å². The maximum absolute atomic E-state index is 12.1. The number of rotatable bonds is 2. The predicted octanol–water partition coefficient (Wildman–Crippen LogP) is 2.97. The molecule has 0 radical (unpaired) electrons. The maximum Gasteiger partial charge on any atom is 0.219 e. The molecule has 0 amide bonds. The van der Waals surface area contributed by atoms with E-state index < -0.39 is 0 Å². The summed E-state index contributed by atoms with van der Waals surface area (Å²) >= 11 is 1.33. The zero-order chi connectivity index (χ0) is 12.7. The lowest BCUT2D eigenvalue weighted by atomic mass is 9.67. The zero-order valence-electron chi connectivity index (χ0n) is 10.5. The molecule has 0 aromatic heterocycles. The fourth-order valence-corrected chi connectivity index (χ4v) is 4.59. The second-order valence-corrected chi connectivity index (χ2v) is 6.79. The highest BCUT2D eigenvalue weighted by Gasteiger charge is 2.51. The Morgan fingerprint density at radius 3 is 2.56 bits per heavy atom. The number of fused-ring (bicyclic) bond motifs is 1. The molecule has 1 aromatic rings. The summed E-state index contributed by atoms with van der Waals surface area (Å²) in [5.41, 5.74) is 0.738. The second-order valence-electron chi connectivity index (χ2n) is 5.58. The Hall–Kier alpha value is -0.800. The number of carbonyl (C=O) groups excluding carboxylic acids is 1. The van der Waals surface area contributed by atoms with Crippen LogP contribution in [0, 0.1) is 17.8 Å². The van der Waals surface area contributed by atoms with Crippen molar-refractivity contribution in [1.82, 2.24) is 0 Å². The molecule has 96 valence electrons. The van der Waals surface area contributed by atoms with Crippen LogP contribution in [-0.4, -0.2) is 21.6 Å². The van der Waals surface area contributed by atoms with Crippen LogP contribution in [0.3, 0.4) is 0 Å². The molecule has 2 saturated carbocycles. The normalized spacial score (nSPS) is 38.0. The van der Waals surface area contributed by atoms with Gasteiger partial charge in [-0.2, -0.15) is 0 Å². The summed E-state index contributed by atoms with van der Waals surface area (Å²) in [7, 11) is 0. The molecular weight excluding hydrogens is 244 g/mol. The third kappa shape index (κ3) is 1.99. The predicted molar refractivity (Wildman–Crippen MR) is 73.5 cm³/mol. The molecule has 1 N–H and O–H groups in total. The summed E-state index contributed by atoms with van der Waals surface area (Å²) in [6, 6.07) is 9.35. The number of thioether (sulfide) groups is 1. The lowest BCUT2D eigenvalue weighted by molar-refractivity contribution is 0.0267. The van der Waals surface area contributed by atoms with Crippen molar-refractivity contribution >= 4 is 16.9 Å². The molecule has 0 heterocycles. The molecular formula is C15H18O2S. The highest BCUT2D eigenvalue weighted by molar-refractivity contribution is 8.14. The lowest BCUT2D eigenvalue weighted by Crippen LogP contribution is -2.36. The average molecular weight is 262 g/mol. The van der Waals surface area contributed by atoms with Gasteiger partial charge in [0.15, 0.2) is 0 Å². The Morgan fingerprint density at radius 2 is 1.94 bits per heavy atom. The van der Waals surface area contributed by atoms with E-state index in [-0.39, 0.29) is 16.5 Å². The van der Waals surface area contributed by atoms with E-state index in [1.165, 1.54) is 11.8 Å². The quantitative estimate of drug-likeness (QED) is 0.890. The standard InChI is InChI=1S/C15H18O2S/c1-9-7-12-11(9)8-13(14(12)16)18-15(17)10-5-3-2-4-6-10/h2-6,9,11-14,16H,7-8H2,1H3/t9-,11?,12+,13-,14-/m1/s1. The molecule has 18 heavy (non-hydrogen) atoms. The Labute approximate surface area is 112 Å². The fraction of sp³-hybridized carbons (Fsp3) is 0.533. The van der Waals surface area contributed by atoms with Crippen LogP contribution >= 0.6 is 11.8 Å². The number of hydrogen-bond acceptors (Lipinski definition) is 3. The first-order valence-electron chi connectivity index (χ1n) is 6.61. The van der Waals surface area contributed by atoms with Crippen LogP contribution < -0.4 is 0 Å². The second kappa shape index (κ2) is 4.71. The Balaban J connectivity index is 1.65. The molecule has 1 aromatic carbocycles. The summed E-state index contributed by atoms with van der Waals surface area (Å²) in [6.07, 6.45) is 1.84. The largest absolute Gasteiger partial charge is 0.392 e. The summed E-state index contributed by atoms with van der Waals surface area (Å²) < 4.78 is 0. The van der Waals surface area contributed by atoms with E-state index in [2.05, 4.69) is 6.92 Å².